The maximum atomic E-state index is 9.42. The largest absolute Gasteiger partial charge is 0.394 e. The molecule has 3 unspecified atom stereocenters. The first kappa shape index (κ1) is 9.88. The van der Waals surface area contributed by atoms with Gasteiger partial charge in [0.1, 0.15) is 6.10 Å². The smallest absolute Gasteiger partial charge is 0.218 e. The predicted octanol–water partition coefficient (Wildman–Crippen LogP) is -1.54. The van der Waals surface area contributed by atoms with Gasteiger partial charge in [0.25, 0.3) is 0 Å². The average molecular weight is 178 g/mol. The number of hydrogen-bond donors (Lipinski definition) is 3. The molecule has 0 bridgehead atoms. The molecule has 1 rings (SSSR count). The predicted molar refractivity (Wildman–Crippen MR) is 39.4 cm³/mol. The van der Waals surface area contributed by atoms with E-state index >= 15 is 0 Å². The Balaban J connectivity index is 2.65. The Morgan fingerprint density at radius 1 is 1.58 bits per heavy atom. The van der Waals surface area contributed by atoms with Crippen molar-refractivity contribution >= 4 is 0 Å². The number of rotatable bonds is 3. The quantitative estimate of drug-likeness (QED) is 0.488. The summed E-state index contributed by atoms with van der Waals surface area (Å²) in [4.78, 5) is 0. The van der Waals surface area contributed by atoms with E-state index in [4.69, 9.17) is 19.7 Å². The fourth-order valence-corrected chi connectivity index (χ4v) is 1.34. The zero-order valence-electron chi connectivity index (χ0n) is 6.93. The molecule has 72 valence electrons. The van der Waals surface area contributed by atoms with Gasteiger partial charge in [0, 0.05) is 13.5 Å². The molecule has 0 saturated carbocycles. The van der Waals surface area contributed by atoms with Gasteiger partial charge in [-0.2, -0.15) is 0 Å². The van der Waals surface area contributed by atoms with Crippen LogP contribution >= 0.6 is 0 Å². The van der Waals surface area contributed by atoms with E-state index in [1.165, 1.54) is 7.11 Å². The Hall–Kier alpha value is -0.200. The van der Waals surface area contributed by atoms with Crippen LogP contribution in [0.3, 0.4) is 0 Å². The lowest BCUT2D eigenvalue weighted by molar-refractivity contribution is -0.263. The minimum absolute atomic E-state index is 0.178. The van der Waals surface area contributed by atoms with Crippen LogP contribution in [0.2, 0.25) is 0 Å². The van der Waals surface area contributed by atoms with Gasteiger partial charge < -0.3 is 24.8 Å². The van der Waals surface area contributed by atoms with Gasteiger partial charge >= 0.3 is 0 Å². The van der Waals surface area contributed by atoms with Crippen LogP contribution in [0.1, 0.15) is 6.42 Å². The highest BCUT2D eigenvalue weighted by atomic mass is 16.7. The molecular weight excluding hydrogens is 164 g/mol. The minimum atomic E-state index is -1.34. The highest BCUT2D eigenvalue weighted by molar-refractivity contribution is 4.88. The highest BCUT2D eigenvalue weighted by Crippen LogP contribution is 2.30. The molecule has 1 fully saturated rings. The Morgan fingerprint density at radius 3 is 2.50 bits per heavy atom. The standard InChI is InChI=1S/C7H14O5/c1-11-7(4-9)6(10)2-5(3-8)12-7/h5-6,8-10H,2-4H2,1H3. The lowest BCUT2D eigenvalue weighted by atomic mass is 10.1. The van der Waals surface area contributed by atoms with E-state index in [-0.39, 0.29) is 13.0 Å². The second kappa shape index (κ2) is 3.68. The zero-order chi connectivity index (χ0) is 9.19. The normalized spacial score (nSPS) is 42.0. The maximum absolute atomic E-state index is 9.42. The molecule has 5 heteroatoms. The van der Waals surface area contributed by atoms with Gasteiger partial charge in [-0.1, -0.05) is 0 Å². The molecule has 0 radical (unpaired) electrons. The van der Waals surface area contributed by atoms with E-state index in [1.807, 2.05) is 0 Å². The average Bonchev–Trinajstić information content (AvgIpc) is 2.43. The van der Waals surface area contributed by atoms with Crippen molar-refractivity contribution in [3.05, 3.63) is 0 Å². The van der Waals surface area contributed by atoms with Crippen molar-refractivity contribution in [3.8, 4) is 0 Å². The van der Waals surface area contributed by atoms with Crippen molar-refractivity contribution in [3.63, 3.8) is 0 Å². The summed E-state index contributed by atoms with van der Waals surface area (Å²) in [6.45, 7) is -0.594. The summed E-state index contributed by atoms with van der Waals surface area (Å²) in [5, 5.41) is 27.1. The first-order chi connectivity index (χ1) is 5.68. The van der Waals surface area contributed by atoms with Crippen LogP contribution in [0.5, 0.6) is 0 Å². The second-order valence-electron chi connectivity index (χ2n) is 2.85. The van der Waals surface area contributed by atoms with Gasteiger partial charge in [0.15, 0.2) is 0 Å². The molecule has 1 saturated heterocycles. The molecule has 3 atom stereocenters. The third-order valence-corrected chi connectivity index (χ3v) is 2.13. The number of methoxy groups -OCH3 is 1. The molecule has 0 aromatic rings. The van der Waals surface area contributed by atoms with Crippen LogP contribution in [0.25, 0.3) is 0 Å². The zero-order valence-corrected chi connectivity index (χ0v) is 6.93. The second-order valence-corrected chi connectivity index (χ2v) is 2.85. The van der Waals surface area contributed by atoms with Gasteiger partial charge in [0.05, 0.1) is 19.3 Å². The lowest BCUT2D eigenvalue weighted by Gasteiger charge is -2.27. The number of aliphatic hydroxyl groups excluding tert-OH is 3. The number of hydrogen-bond acceptors (Lipinski definition) is 5. The molecule has 5 nitrogen and oxygen atoms in total. The molecule has 3 N–H and O–H groups in total. The molecule has 0 spiro atoms. The summed E-state index contributed by atoms with van der Waals surface area (Å²) in [6, 6.07) is 0. The Kier molecular flexibility index (Phi) is 3.03. The first-order valence-corrected chi connectivity index (χ1v) is 3.81. The number of ether oxygens (including phenoxy) is 2. The van der Waals surface area contributed by atoms with Crippen LogP contribution in [-0.4, -0.2) is 53.6 Å². The molecular formula is C7H14O5. The van der Waals surface area contributed by atoms with Crippen LogP contribution < -0.4 is 0 Å². The van der Waals surface area contributed by atoms with Crippen molar-refractivity contribution in [2.24, 2.45) is 0 Å². The molecule has 0 aromatic heterocycles. The van der Waals surface area contributed by atoms with Gasteiger partial charge in [-0.3, -0.25) is 0 Å². The highest BCUT2D eigenvalue weighted by Gasteiger charge is 2.48. The van der Waals surface area contributed by atoms with Crippen molar-refractivity contribution in [2.75, 3.05) is 20.3 Å². The van der Waals surface area contributed by atoms with Crippen LogP contribution in [0.15, 0.2) is 0 Å². The molecule has 0 amide bonds. The Bertz CT molecular complexity index is 145. The van der Waals surface area contributed by atoms with E-state index in [0.717, 1.165) is 0 Å². The molecule has 0 aromatic carbocycles. The van der Waals surface area contributed by atoms with Crippen LogP contribution in [-0.2, 0) is 9.47 Å². The van der Waals surface area contributed by atoms with Crippen molar-refractivity contribution in [1.82, 2.24) is 0 Å². The maximum Gasteiger partial charge on any atom is 0.218 e. The summed E-state index contributed by atoms with van der Waals surface area (Å²) >= 11 is 0. The van der Waals surface area contributed by atoms with Gasteiger partial charge in [-0.25, -0.2) is 0 Å². The van der Waals surface area contributed by atoms with Crippen LogP contribution in [0.4, 0.5) is 0 Å². The topological polar surface area (TPSA) is 79.2 Å². The molecule has 1 heterocycles. The third kappa shape index (κ3) is 1.46. The van der Waals surface area contributed by atoms with Crippen LogP contribution in [0, 0.1) is 0 Å². The van der Waals surface area contributed by atoms with Crippen molar-refractivity contribution in [2.45, 2.75) is 24.4 Å². The van der Waals surface area contributed by atoms with E-state index in [0.29, 0.717) is 0 Å². The lowest BCUT2D eigenvalue weighted by Crippen LogP contribution is -2.45. The summed E-state index contributed by atoms with van der Waals surface area (Å²) in [6.07, 6.45) is -1.05. The Labute approximate surface area is 70.5 Å². The van der Waals surface area contributed by atoms with E-state index in [2.05, 4.69) is 0 Å². The third-order valence-electron chi connectivity index (χ3n) is 2.13. The van der Waals surface area contributed by atoms with E-state index in [9.17, 15) is 5.11 Å². The fourth-order valence-electron chi connectivity index (χ4n) is 1.34. The summed E-state index contributed by atoms with van der Waals surface area (Å²) < 4.78 is 10.00. The summed E-state index contributed by atoms with van der Waals surface area (Å²) in [7, 11) is 1.35. The minimum Gasteiger partial charge on any atom is -0.394 e. The molecule has 1 aliphatic rings. The van der Waals surface area contributed by atoms with Gasteiger partial charge in [-0.15, -0.1) is 0 Å². The molecule has 12 heavy (non-hydrogen) atoms. The van der Waals surface area contributed by atoms with E-state index < -0.39 is 24.6 Å². The van der Waals surface area contributed by atoms with Crippen molar-refractivity contribution < 1.29 is 24.8 Å². The first-order valence-electron chi connectivity index (χ1n) is 3.81. The SMILES string of the molecule is COC1(CO)OC(CO)CC1O. The van der Waals surface area contributed by atoms with Gasteiger partial charge in [-0.05, 0) is 0 Å². The molecule has 0 aliphatic carbocycles. The summed E-state index contributed by atoms with van der Waals surface area (Å²) in [5.41, 5.74) is 0. The van der Waals surface area contributed by atoms with Gasteiger partial charge in [0.2, 0.25) is 5.79 Å². The van der Waals surface area contributed by atoms with Crippen molar-refractivity contribution in [1.29, 1.82) is 0 Å². The fraction of sp³-hybridized carbons (Fsp3) is 1.00. The summed E-state index contributed by atoms with van der Waals surface area (Å²) in [5.74, 6) is -1.34. The van der Waals surface area contributed by atoms with E-state index in [1.54, 1.807) is 0 Å². The number of aliphatic hydroxyl groups is 3. The Morgan fingerprint density at radius 2 is 2.25 bits per heavy atom. The monoisotopic (exact) mass is 178 g/mol. The molecule has 1 aliphatic heterocycles.